The second kappa shape index (κ2) is 3.13. The fraction of sp³-hybridized carbons (Fsp3) is 0.800. The molecular formula is C10H17N3. The Morgan fingerprint density at radius 3 is 2.54 bits per heavy atom. The molecule has 0 radical (unpaired) electrons. The minimum absolute atomic E-state index is 0.501. The first kappa shape index (κ1) is 8.73. The van der Waals surface area contributed by atoms with E-state index < -0.39 is 0 Å². The third kappa shape index (κ3) is 1.47. The van der Waals surface area contributed by atoms with Crippen LogP contribution in [0.2, 0.25) is 0 Å². The van der Waals surface area contributed by atoms with Gasteiger partial charge >= 0.3 is 0 Å². The maximum absolute atomic E-state index is 4.28. The predicted molar refractivity (Wildman–Crippen MR) is 51.8 cm³/mol. The minimum Gasteiger partial charge on any atom is -0.312 e. The highest BCUT2D eigenvalue weighted by atomic mass is 15.3. The van der Waals surface area contributed by atoms with Gasteiger partial charge < -0.3 is 4.57 Å². The van der Waals surface area contributed by atoms with Gasteiger partial charge in [-0.15, -0.1) is 10.2 Å². The lowest BCUT2D eigenvalue weighted by atomic mass is 10.3. The van der Waals surface area contributed by atoms with Crippen LogP contribution in [-0.4, -0.2) is 14.8 Å². The molecule has 0 spiro atoms. The average molecular weight is 179 g/mol. The van der Waals surface area contributed by atoms with Gasteiger partial charge in [-0.3, -0.25) is 0 Å². The Kier molecular flexibility index (Phi) is 2.10. The minimum atomic E-state index is 0.501. The molecule has 0 unspecified atom stereocenters. The first-order valence-corrected chi connectivity index (χ1v) is 5.17. The van der Waals surface area contributed by atoms with Gasteiger partial charge in [0.25, 0.3) is 0 Å². The largest absolute Gasteiger partial charge is 0.312 e. The second-order valence-electron chi connectivity index (χ2n) is 4.07. The van der Waals surface area contributed by atoms with Gasteiger partial charge in [0.05, 0.1) is 0 Å². The predicted octanol–water partition coefficient (Wildman–Crippen LogP) is 2.30. The Morgan fingerprint density at radius 1 is 1.38 bits per heavy atom. The summed E-state index contributed by atoms with van der Waals surface area (Å²) < 4.78 is 2.30. The van der Waals surface area contributed by atoms with Crippen molar-refractivity contribution in [3.63, 3.8) is 0 Å². The molecule has 3 heteroatoms. The molecule has 0 amide bonds. The highest BCUT2D eigenvalue weighted by molar-refractivity contribution is 5.09. The maximum atomic E-state index is 4.28. The smallest absolute Gasteiger partial charge is 0.136 e. The van der Waals surface area contributed by atoms with Gasteiger partial charge in [-0.25, -0.2) is 0 Å². The zero-order chi connectivity index (χ0) is 9.42. The van der Waals surface area contributed by atoms with Crippen molar-refractivity contribution in [3.05, 3.63) is 11.6 Å². The molecule has 1 aliphatic rings. The van der Waals surface area contributed by atoms with E-state index in [4.69, 9.17) is 0 Å². The van der Waals surface area contributed by atoms with E-state index in [-0.39, 0.29) is 0 Å². The van der Waals surface area contributed by atoms with Crippen molar-refractivity contribution in [3.8, 4) is 0 Å². The summed E-state index contributed by atoms with van der Waals surface area (Å²) in [5.74, 6) is 3.05. The van der Waals surface area contributed by atoms with Crippen molar-refractivity contribution >= 4 is 0 Å². The molecule has 0 saturated heterocycles. The zero-order valence-corrected chi connectivity index (χ0v) is 8.62. The van der Waals surface area contributed by atoms with Gasteiger partial charge in [-0.2, -0.15) is 0 Å². The van der Waals surface area contributed by atoms with E-state index in [2.05, 4.69) is 35.5 Å². The monoisotopic (exact) mass is 179 g/mol. The van der Waals surface area contributed by atoms with E-state index in [1.54, 1.807) is 0 Å². The van der Waals surface area contributed by atoms with Gasteiger partial charge in [-0.1, -0.05) is 6.92 Å². The fourth-order valence-corrected chi connectivity index (χ4v) is 1.76. The van der Waals surface area contributed by atoms with Gasteiger partial charge in [0, 0.05) is 18.4 Å². The van der Waals surface area contributed by atoms with Crippen molar-refractivity contribution in [2.24, 2.45) is 0 Å². The summed E-state index contributed by atoms with van der Waals surface area (Å²) in [7, 11) is 0. The van der Waals surface area contributed by atoms with Crippen molar-refractivity contribution in [1.82, 2.24) is 14.8 Å². The quantitative estimate of drug-likeness (QED) is 0.712. The van der Waals surface area contributed by atoms with Gasteiger partial charge in [0.15, 0.2) is 0 Å². The molecule has 1 fully saturated rings. The van der Waals surface area contributed by atoms with Crippen molar-refractivity contribution in [2.45, 2.75) is 52.0 Å². The van der Waals surface area contributed by atoms with Crippen LogP contribution < -0.4 is 0 Å². The Bertz CT molecular complexity index is 297. The molecule has 0 atom stereocenters. The van der Waals surface area contributed by atoms with Crippen LogP contribution in [0.4, 0.5) is 0 Å². The summed E-state index contributed by atoms with van der Waals surface area (Å²) in [4.78, 5) is 0. The standard InChI is InChI=1S/C10H17N3/c1-4-9-11-12-10(8-5-6-8)13(9)7(2)3/h7-8H,4-6H2,1-3H3. The molecule has 1 saturated carbocycles. The van der Waals surface area contributed by atoms with E-state index >= 15 is 0 Å². The van der Waals surface area contributed by atoms with Crippen molar-refractivity contribution < 1.29 is 0 Å². The van der Waals surface area contributed by atoms with Gasteiger partial charge in [0.2, 0.25) is 0 Å². The Morgan fingerprint density at radius 2 is 2.08 bits per heavy atom. The molecule has 0 bridgehead atoms. The van der Waals surface area contributed by atoms with E-state index in [9.17, 15) is 0 Å². The molecule has 1 heterocycles. The first-order chi connectivity index (χ1) is 6.24. The maximum Gasteiger partial charge on any atom is 0.136 e. The van der Waals surface area contributed by atoms with E-state index in [0.717, 1.165) is 12.2 Å². The third-order valence-corrected chi connectivity index (χ3v) is 2.57. The lowest BCUT2D eigenvalue weighted by molar-refractivity contribution is 0.546. The number of nitrogens with zero attached hydrogens (tertiary/aromatic N) is 3. The average Bonchev–Trinajstić information content (AvgIpc) is 2.84. The molecule has 0 aromatic carbocycles. The number of aryl methyl sites for hydroxylation is 1. The summed E-state index contributed by atoms with van der Waals surface area (Å²) in [6.07, 6.45) is 3.58. The number of hydrogen-bond acceptors (Lipinski definition) is 2. The molecule has 1 aromatic rings. The van der Waals surface area contributed by atoms with Crippen LogP contribution in [0.3, 0.4) is 0 Å². The van der Waals surface area contributed by atoms with Crippen LogP contribution in [0.15, 0.2) is 0 Å². The van der Waals surface area contributed by atoms with Crippen LogP contribution in [0.1, 0.15) is 57.2 Å². The van der Waals surface area contributed by atoms with Crippen molar-refractivity contribution in [2.75, 3.05) is 0 Å². The molecule has 72 valence electrons. The molecule has 2 rings (SSSR count). The van der Waals surface area contributed by atoms with Crippen molar-refractivity contribution in [1.29, 1.82) is 0 Å². The van der Waals surface area contributed by atoms with Crippen LogP contribution in [-0.2, 0) is 6.42 Å². The lowest BCUT2D eigenvalue weighted by Gasteiger charge is -2.12. The van der Waals surface area contributed by atoms with Gasteiger partial charge in [-0.05, 0) is 26.7 Å². The summed E-state index contributed by atoms with van der Waals surface area (Å²) >= 11 is 0. The Hall–Kier alpha value is -0.860. The first-order valence-electron chi connectivity index (χ1n) is 5.17. The number of hydrogen-bond donors (Lipinski definition) is 0. The van der Waals surface area contributed by atoms with Gasteiger partial charge in [0.1, 0.15) is 11.6 Å². The van der Waals surface area contributed by atoms with Crippen LogP contribution >= 0.6 is 0 Å². The molecule has 0 N–H and O–H groups in total. The molecule has 0 aliphatic heterocycles. The second-order valence-corrected chi connectivity index (χ2v) is 4.07. The van der Waals surface area contributed by atoms with E-state index in [1.165, 1.54) is 18.7 Å². The highest BCUT2D eigenvalue weighted by Gasteiger charge is 2.30. The SMILES string of the molecule is CCc1nnc(C2CC2)n1C(C)C. The topological polar surface area (TPSA) is 30.7 Å². The molecular weight excluding hydrogens is 162 g/mol. The number of aromatic nitrogens is 3. The van der Waals surface area contributed by atoms with Crippen LogP contribution in [0.5, 0.6) is 0 Å². The zero-order valence-electron chi connectivity index (χ0n) is 8.62. The number of rotatable bonds is 3. The highest BCUT2D eigenvalue weighted by Crippen LogP contribution is 2.40. The summed E-state index contributed by atoms with van der Waals surface area (Å²) in [6, 6.07) is 0.501. The molecule has 3 nitrogen and oxygen atoms in total. The summed E-state index contributed by atoms with van der Waals surface area (Å²) in [5, 5.41) is 8.51. The molecule has 1 aliphatic carbocycles. The van der Waals surface area contributed by atoms with E-state index in [1.807, 2.05) is 0 Å². The third-order valence-electron chi connectivity index (χ3n) is 2.57. The molecule has 1 aromatic heterocycles. The Labute approximate surface area is 79.2 Å². The molecule has 13 heavy (non-hydrogen) atoms. The van der Waals surface area contributed by atoms with Crippen LogP contribution in [0.25, 0.3) is 0 Å². The van der Waals surface area contributed by atoms with Crippen LogP contribution in [0, 0.1) is 0 Å². The lowest BCUT2D eigenvalue weighted by Crippen LogP contribution is -2.09. The summed E-state index contributed by atoms with van der Waals surface area (Å²) in [6.45, 7) is 6.54. The Balaban J connectivity index is 2.38. The van der Waals surface area contributed by atoms with E-state index in [0.29, 0.717) is 12.0 Å². The normalized spacial score (nSPS) is 16.9. The summed E-state index contributed by atoms with van der Waals surface area (Å²) in [5.41, 5.74) is 0. The fourth-order valence-electron chi connectivity index (χ4n) is 1.76.